The number of anilines is 1. The number of carbonyl (C=O) groups excluding carboxylic acids is 2. The predicted molar refractivity (Wildman–Crippen MR) is 121 cm³/mol. The minimum Gasteiger partial charge on any atom is -0.423 e. The molecule has 1 amide bonds. The van der Waals surface area contributed by atoms with E-state index < -0.39 is 11.9 Å². The van der Waals surface area contributed by atoms with Crippen LogP contribution in [0.4, 0.5) is 5.69 Å². The molecular weight excluding hydrogens is 435 g/mol. The van der Waals surface area contributed by atoms with Crippen molar-refractivity contribution in [3.05, 3.63) is 99.0 Å². The van der Waals surface area contributed by atoms with Crippen molar-refractivity contribution < 1.29 is 14.3 Å². The molecule has 3 rings (SSSR count). The van der Waals surface area contributed by atoms with Gasteiger partial charge in [-0.25, -0.2) is 4.79 Å². The summed E-state index contributed by atoms with van der Waals surface area (Å²) in [6.07, 6.45) is 1.42. The number of aryl methyl sites for hydroxylation is 1. The Morgan fingerprint density at radius 1 is 1.00 bits per heavy atom. The van der Waals surface area contributed by atoms with Crippen molar-refractivity contribution >= 4 is 46.8 Å². The average molecular weight is 451 g/mol. The molecule has 0 bridgehead atoms. The topological polar surface area (TPSA) is 79.2 Å². The van der Waals surface area contributed by atoms with E-state index in [-0.39, 0.29) is 5.57 Å². The summed E-state index contributed by atoms with van der Waals surface area (Å²) in [7, 11) is 0. The molecule has 0 aliphatic carbocycles. The number of hydrogen-bond donors (Lipinski definition) is 1. The third-order valence-corrected chi connectivity index (χ3v) is 4.80. The van der Waals surface area contributed by atoms with Crippen LogP contribution >= 0.6 is 23.2 Å². The smallest absolute Gasteiger partial charge is 0.343 e. The SMILES string of the molecule is Cc1ccc(C(=O)Oc2ccc(/C=C(\C#N)C(=O)Nc3cc(Cl)ccc3Cl)cc2)cc1. The Bertz CT molecular complexity index is 1190. The van der Waals surface area contributed by atoms with Crippen LogP contribution in [-0.2, 0) is 4.79 Å². The number of ether oxygens (including phenoxy) is 1. The molecule has 0 radical (unpaired) electrons. The third-order valence-electron chi connectivity index (χ3n) is 4.23. The molecule has 0 aromatic heterocycles. The van der Waals surface area contributed by atoms with Gasteiger partial charge in [0.25, 0.3) is 5.91 Å². The number of hydrogen-bond acceptors (Lipinski definition) is 4. The van der Waals surface area contributed by atoms with Crippen LogP contribution in [0.3, 0.4) is 0 Å². The number of rotatable bonds is 5. The van der Waals surface area contributed by atoms with Gasteiger partial charge in [0.1, 0.15) is 17.4 Å². The summed E-state index contributed by atoms with van der Waals surface area (Å²) in [5, 5.41) is 12.6. The molecule has 0 unspecified atom stereocenters. The molecule has 5 nitrogen and oxygen atoms in total. The molecule has 31 heavy (non-hydrogen) atoms. The van der Waals surface area contributed by atoms with Crippen LogP contribution < -0.4 is 10.1 Å². The van der Waals surface area contributed by atoms with Gasteiger partial charge in [-0.15, -0.1) is 0 Å². The van der Waals surface area contributed by atoms with Crippen molar-refractivity contribution in [3.8, 4) is 11.8 Å². The first-order valence-electron chi connectivity index (χ1n) is 9.13. The van der Waals surface area contributed by atoms with Gasteiger partial charge in [-0.2, -0.15) is 5.26 Å². The number of nitrogens with zero attached hydrogens (tertiary/aromatic N) is 1. The van der Waals surface area contributed by atoms with Gasteiger partial charge >= 0.3 is 5.97 Å². The number of nitrogens with one attached hydrogen (secondary N) is 1. The Morgan fingerprint density at radius 2 is 1.68 bits per heavy atom. The van der Waals surface area contributed by atoms with Crippen molar-refractivity contribution in [1.29, 1.82) is 5.26 Å². The highest BCUT2D eigenvalue weighted by Crippen LogP contribution is 2.26. The number of esters is 1. The predicted octanol–water partition coefficient (Wildman–Crippen LogP) is 6.07. The Hall–Kier alpha value is -3.59. The lowest BCUT2D eigenvalue weighted by Gasteiger charge is -2.07. The molecule has 154 valence electrons. The highest BCUT2D eigenvalue weighted by atomic mass is 35.5. The molecule has 0 spiro atoms. The summed E-state index contributed by atoms with van der Waals surface area (Å²) < 4.78 is 5.35. The summed E-state index contributed by atoms with van der Waals surface area (Å²) in [6, 6.07) is 20.0. The normalized spacial score (nSPS) is 10.8. The summed E-state index contributed by atoms with van der Waals surface area (Å²) in [6.45, 7) is 1.93. The maximum Gasteiger partial charge on any atom is 0.343 e. The van der Waals surface area contributed by atoms with E-state index in [0.29, 0.717) is 32.6 Å². The monoisotopic (exact) mass is 450 g/mol. The summed E-state index contributed by atoms with van der Waals surface area (Å²) >= 11 is 12.0. The van der Waals surface area contributed by atoms with Crippen LogP contribution in [0.15, 0.2) is 72.3 Å². The second kappa shape index (κ2) is 9.94. The van der Waals surface area contributed by atoms with E-state index in [1.165, 1.54) is 12.1 Å². The van der Waals surface area contributed by atoms with E-state index in [1.807, 2.05) is 25.1 Å². The lowest BCUT2D eigenvalue weighted by molar-refractivity contribution is -0.112. The highest BCUT2D eigenvalue weighted by molar-refractivity contribution is 6.36. The zero-order valence-electron chi connectivity index (χ0n) is 16.4. The first-order valence-corrected chi connectivity index (χ1v) is 9.88. The van der Waals surface area contributed by atoms with E-state index in [1.54, 1.807) is 48.5 Å². The van der Waals surface area contributed by atoms with E-state index in [9.17, 15) is 14.9 Å². The van der Waals surface area contributed by atoms with E-state index >= 15 is 0 Å². The van der Waals surface area contributed by atoms with E-state index in [2.05, 4.69) is 5.32 Å². The first-order chi connectivity index (χ1) is 14.9. The van der Waals surface area contributed by atoms with Gasteiger partial charge in [0.2, 0.25) is 0 Å². The van der Waals surface area contributed by atoms with Crippen LogP contribution in [-0.4, -0.2) is 11.9 Å². The second-order valence-electron chi connectivity index (χ2n) is 6.57. The zero-order valence-corrected chi connectivity index (χ0v) is 17.9. The molecule has 3 aromatic rings. The molecule has 0 aliphatic rings. The molecule has 0 aliphatic heterocycles. The quantitative estimate of drug-likeness (QED) is 0.221. The standard InChI is InChI=1S/C24H16Cl2N2O3/c1-15-2-6-17(7-3-15)24(30)31-20-9-4-16(5-10-20)12-18(14-27)23(29)28-22-13-19(25)8-11-21(22)26/h2-13H,1H3,(H,28,29)/b18-12+. The van der Waals surface area contributed by atoms with Gasteiger partial charge in [-0.1, -0.05) is 53.0 Å². The van der Waals surface area contributed by atoms with Crippen LogP contribution in [0.25, 0.3) is 6.08 Å². The number of carbonyl (C=O) groups is 2. The summed E-state index contributed by atoms with van der Waals surface area (Å²) in [5.41, 5.74) is 2.25. The van der Waals surface area contributed by atoms with Gasteiger partial charge < -0.3 is 10.1 Å². The molecule has 0 atom stereocenters. The number of amides is 1. The Balaban J connectivity index is 1.70. The Kier molecular flexibility index (Phi) is 7.09. The van der Waals surface area contributed by atoms with Crippen molar-refractivity contribution in [1.82, 2.24) is 0 Å². The molecule has 0 saturated heterocycles. The first kappa shape index (κ1) is 22.1. The third kappa shape index (κ3) is 5.95. The van der Waals surface area contributed by atoms with Crippen molar-refractivity contribution in [2.45, 2.75) is 6.92 Å². The molecule has 0 heterocycles. The van der Waals surface area contributed by atoms with Crippen LogP contribution in [0, 0.1) is 18.3 Å². The number of nitriles is 1. The van der Waals surface area contributed by atoms with Gasteiger partial charge in [0, 0.05) is 5.02 Å². The van der Waals surface area contributed by atoms with E-state index in [0.717, 1.165) is 5.56 Å². The second-order valence-corrected chi connectivity index (χ2v) is 7.42. The minimum atomic E-state index is -0.624. The molecule has 3 aromatic carbocycles. The van der Waals surface area contributed by atoms with Crippen molar-refractivity contribution in [2.75, 3.05) is 5.32 Å². The maximum atomic E-state index is 12.4. The summed E-state index contributed by atoms with van der Waals surface area (Å²) in [4.78, 5) is 24.6. The fourth-order valence-corrected chi connectivity index (χ4v) is 2.92. The molecule has 0 fully saturated rings. The van der Waals surface area contributed by atoms with Gasteiger partial charge in [0.05, 0.1) is 16.3 Å². The van der Waals surface area contributed by atoms with Crippen LogP contribution in [0.2, 0.25) is 10.0 Å². The summed E-state index contributed by atoms with van der Waals surface area (Å²) in [5.74, 6) is -0.753. The van der Waals surface area contributed by atoms with Crippen molar-refractivity contribution in [3.63, 3.8) is 0 Å². The van der Waals surface area contributed by atoms with Gasteiger partial charge in [-0.3, -0.25) is 4.79 Å². The lowest BCUT2D eigenvalue weighted by Crippen LogP contribution is -2.13. The Morgan fingerprint density at radius 3 is 2.32 bits per heavy atom. The molecule has 7 heteroatoms. The maximum absolute atomic E-state index is 12.4. The average Bonchev–Trinajstić information content (AvgIpc) is 2.76. The zero-order chi connectivity index (χ0) is 22.4. The largest absolute Gasteiger partial charge is 0.423 e. The fourth-order valence-electron chi connectivity index (χ4n) is 2.59. The van der Waals surface area contributed by atoms with Crippen LogP contribution in [0.1, 0.15) is 21.5 Å². The number of halogens is 2. The van der Waals surface area contributed by atoms with Crippen LogP contribution in [0.5, 0.6) is 5.75 Å². The van der Waals surface area contributed by atoms with E-state index in [4.69, 9.17) is 27.9 Å². The number of benzene rings is 3. The molecule has 0 saturated carbocycles. The van der Waals surface area contributed by atoms with Gasteiger partial charge in [0.15, 0.2) is 0 Å². The van der Waals surface area contributed by atoms with Crippen molar-refractivity contribution in [2.24, 2.45) is 0 Å². The van der Waals surface area contributed by atoms with Gasteiger partial charge in [-0.05, 0) is 61.0 Å². The Labute approximate surface area is 189 Å². The lowest BCUT2D eigenvalue weighted by atomic mass is 10.1. The molecular formula is C24H16Cl2N2O3. The fraction of sp³-hybridized carbons (Fsp3) is 0.0417. The molecule has 1 N–H and O–H groups in total. The minimum absolute atomic E-state index is 0.125. The highest BCUT2D eigenvalue weighted by Gasteiger charge is 2.12.